The van der Waals surface area contributed by atoms with Crippen LogP contribution in [0.25, 0.3) is 0 Å². The lowest BCUT2D eigenvalue weighted by molar-refractivity contribution is -0.140. The number of rotatable bonds is 2. The first-order chi connectivity index (χ1) is 8.52. The largest absolute Gasteiger partial charge is 0.480 e. The van der Waals surface area contributed by atoms with Crippen LogP contribution in [0.15, 0.2) is 0 Å². The van der Waals surface area contributed by atoms with E-state index in [2.05, 4.69) is 10.6 Å². The lowest BCUT2D eigenvalue weighted by Crippen LogP contribution is -2.40. The van der Waals surface area contributed by atoms with Crippen LogP contribution in [-0.4, -0.2) is 52.2 Å². The summed E-state index contributed by atoms with van der Waals surface area (Å²) in [5, 5.41) is 22.6. The average Bonchev–Trinajstić information content (AvgIpc) is 2.77. The lowest BCUT2D eigenvalue weighted by Gasteiger charge is -2.18. The standard InChI is InChI=1S/C6H11NO2.C5H7NO2S/c8-6(9)5-3-1-2-4-7-5;7-5(8)4-3(9)1-2-6-4/h5,7H,1-4H2,(H,8,9);4,6H,1-2H2,(H,7,8)/t5-;4-/m00/s1. The van der Waals surface area contributed by atoms with Gasteiger partial charge in [0, 0.05) is 11.4 Å². The van der Waals surface area contributed by atoms with Crippen LogP contribution in [-0.2, 0) is 9.59 Å². The SMILES string of the molecule is O=C(O)[C@@H]1CCCCN1.O=C(O)[C@H]1NCCC1=S. The quantitative estimate of drug-likeness (QED) is 0.527. The molecule has 0 amide bonds. The molecule has 0 spiro atoms. The molecule has 2 heterocycles. The summed E-state index contributed by atoms with van der Waals surface area (Å²) < 4.78 is 0. The summed E-state index contributed by atoms with van der Waals surface area (Å²) in [6.45, 7) is 1.56. The van der Waals surface area contributed by atoms with Crippen LogP contribution in [0.1, 0.15) is 25.7 Å². The average molecular weight is 274 g/mol. The Morgan fingerprint density at radius 1 is 1.11 bits per heavy atom. The van der Waals surface area contributed by atoms with Gasteiger partial charge in [-0.25, -0.2) is 0 Å². The maximum absolute atomic E-state index is 10.3. The molecule has 2 aliphatic rings. The summed E-state index contributed by atoms with van der Waals surface area (Å²) in [5.41, 5.74) is 0. The van der Waals surface area contributed by atoms with Crippen LogP contribution >= 0.6 is 12.2 Å². The van der Waals surface area contributed by atoms with E-state index in [4.69, 9.17) is 22.4 Å². The molecule has 2 rings (SSSR count). The second-order valence-corrected chi connectivity index (χ2v) is 4.81. The number of carbonyl (C=O) groups is 2. The Labute approximate surface area is 111 Å². The van der Waals surface area contributed by atoms with Crippen molar-refractivity contribution in [3.8, 4) is 0 Å². The van der Waals surface area contributed by atoms with Crippen molar-refractivity contribution >= 4 is 29.0 Å². The second kappa shape index (κ2) is 7.40. The molecule has 4 N–H and O–H groups in total. The molecule has 2 atom stereocenters. The number of carboxylic acids is 2. The first kappa shape index (κ1) is 15.0. The third kappa shape index (κ3) is 4.67. The zero-order valence-corrected chi connectivity index (χ0v) is 10.8. The molecule has 18 heavy (non-hydrogen) atoms. The first-order valence-corrected chi connectivity index (χ1v) is 6.38. The van der Waals surface area contributed by atoms with E-state index >= 15 is 0 Å². The molecular weight excluding hydrogens is 256 g/mol. The highest BCUT2D eigenvalue weighted by Gasteiger charge is 2.26. The van der Waals surface area contributed by atoms with Gasteiger partial charge in [-0.3, -0.25) is 14.9 Å². The summed E-state index contributed by atoms with van der Waals surface area (Å²) in [6, 6.07) is -0.848. The van der Waals surface area contributed by atoms with Crippen LogP contribution in [0.2, 0.25) is 0 Å². The molecule has 0 unspecified atom stereocenters. The van der Waals surface area contributed by atoms with Crippen LogP contribution in [0.3, 0.4) is 0 Å². The molecule has 2 fully saturated rings. The Bertz CT molecular complexity index is 329. The molecule has 0 aliphatic carbocycles. The number of hydrogen-bond acceptors (Lipinski definition) is 5. The zero-order chi connectivity index (χ0) is 13.5. The van der Waals surface area contributed by atoms with Crippen molar-refractivity contribution in [1.29, 1.82) is 0 Å². The number of thiocarbonyl (C=S) groups is 1. The number of aliphatic carboxylic acids is 2. The number of piperidine rings is 1. The first-order valence-electron chi connectivity index (χ1n) is 5.97. The molecule has 0 aromatic heterocycles. The normalized spacial score (nSPS) is 27.2. The molecular formula is C11H18N2O4S. The van der Waals surface area contributed by atoms with Gasteiger partial charge in [0.25, 0.3) is 0 Å². The van der Waals surface area contributed by atoms with Gasteiger partial charge in [-0.15, -0.1) is 0 Å². The van der Waals surface area contributed by atoms with E-state index in [1.54, 1.807) is 0 Å². The Morgan fingerprint density at radius 2 is 1.83 bits per heavy atom. The molecule has 0 saturated carbocycles. The highest BCUT2D eigenvalue weighted by atomic mass is 32.1. The van der Waals surface area contributed by atoms with Crippen molar-refractivity contribution in [2.75, 3.05) is 13.1 Å². The van der Waals surface area contributed by atoms with Gasteiger partial charge < -0.3 is 15.5 Å². The fraction of sp³-hybridized carbons (Fsp3) is 0.727. The van der Waals surface area contributed by atoms with Crippen molar-refractivity contribution in [2.24, 2.45) is 0 Å². The van der Waals surface area contributed by atoms with E-state index in [9.17, 15) is 9.59 Å². The van der Waals surface area contributed by atoms with Gasteiger partial charge in [0.05, 0.1) is 0 Å². The molecule has 6 nitrogen and oxygen atoms in total. The Kier molecular flexibility index (Phi) is 6.17. The van der Waals surface area contributed by atoms with Crippen molar-refractivity contribution < 1.29 is 19.8 Å². The summed E-state index contributed by atoms with van der Waals surface area (Å²) in [5.74, 6) is -1.58. The van der Waals surface area contributed by atoms with Gasteiger partial charge >= 0.3 is 11.9 Å². The minimum atomic E-state index is -0.863. The highest BCUT2D eigenvalue weighted by molar-refractivity contribution is 7.80. The fourth-order valence-electron chi connectivity index (χ4n) is 1.89. The van der Waals surface area contributed by atoms with Gasteiger partial charge in [0.15, 0.2) is 0 Å². The monoisotopic (exact) mass is 274 g/mol. The maximum Gasteiger partial charge on any atom is 0.325 e. The van der Waals surface area contributed by atoms with Gasteiger partial charge in [-0.2, -0.15) is 0 Å². The topological polar surface area (TPSA) is 98.7 Å². The lowest BCUT2D eigenvalue weighted by atomic mass is 10.1. The van der Waals surface area contributed by atoms with Gasteiger partial charge in [-0.05, 0) is 25.8 Å². The molecule has 7 heteroatoms. The fourth-order valence-corrected chi connectivity index (χ4v) is 2.17. The zero-order valence-electron chi connectivity index (χ0n) is 10.0. The molecule has 2 saturated heterocycles. The summed E-state index contributed by atoms with van der Waals surface area (Å²) in [6.07, 6.45) is 3.66. The number of hydrogen-bond donors (Lipinski definition) is 4. The summed E-state index contributed by atoms with van der Waals surface area (Å²) in [7, 11) is 0. The molecule has 0 bridgehead atoms. The van der Waals surface area contributed by atoms with Gasteiger partial charge in [0.1, 0.15) is 12.1 Å². The van der Waals surface area contributed by atoms with E-state index in [0.717, 1.165) is 25.8 Å². The predicted molar refractivity (Wildman–Crippen MR) is 69.9 cm³/mol. The Morgan fingerprint density at radius 3 is 2.11 bits per heavy atom. The van der Waals surface area contributed by atoms with E-state index < -0.39 is 18.0 Å². The molecule has 102 valence electrons. The second-order valence-electron chi connectivity index (χ2n) is 4.28. The van der Waals surface area contributed by atoms with E-state index in [1.807, 2.05) is 0 Å². The minimum Gasteiger partial charge on any atom is -0.480 e. The molecule has 0 radical (unpaired) electrons. The van der Waals surface area contributed by atoms with Gasteiger partial charge in [0.2, 0.25) is 0 Å². The maximum atomic E-state index is 10.3. The van der Waals surface area contributed by atoms with Crippen molar-refractivity contribution in [1.82, 2.24) is 10.6 Å². The van der Waals surface area contributed by atoms with Crippen LogP contribution in [0.4, 0.5) is 0 Å². The summed E-state index contributed by atoms with van der Waals surface area (Å²) >= 11 is 4.77. The van der Waals surface area contributed by atoms with Crippen LogP contribution < -0.4 is 10.6 Å². The van der Waals surface area contributed by atoms with Gasteiger partial charge in [-0.1, -0.05) is 18.6 Å². The van der Waals surface area contributed by atoms with Crippen LogP contribution in [0, 0.1) is 0 Å². The Hall–Kier alpha value is -1.05. The highest BCUT2D eigenvalue weighted by Crippen LogP contribution is 2.06. The molecule has 0 aromatic rings. The smallest absolute Gasteiger partial charge is 0.325 e. The minimum absolute atomic E-state index is 0.279. The predicted octanol–water partition coefficient (Wildman–Crippen LogP) is 0.0159. The van der Waals surface area contributed by atoms with Crippen molar-refractivity contribution in [3.05, 3.63) is 0 Å². The Balaban J connectivity index is 0.000000180. The molecule has 2 aliphatic heterocycles. The number of carboxylic acid groups (broad SMARTS) is 2. The van der Waals surface area contributed by atoms with E-state index in [0.29, 0.717) is 17.8 Å². The third-order valence-corrected chi connectivity index (χ3v) is 3.34. The van der Waals surface area contributed by atoms with E-state index in [-0.39, 0.29) is 6.04 Å². The van der Waals surface area contributed by atoms with E-state index in [1.165, 1.54) is 0 Å². The number of nitrogens with one attached hydrogen (secondary N) is 2. The van der Waals surface area contributed by atoms with Crippen LogP contribution in [0.5, 0.6) is 0 Å². The third-order valence-electron chi connectivity index (χ3n) is 2.90. The van der Waals surface area contributed by atoms with Crippen molar-refractivity contribution in [3.63, 3.8) is 0 Å². The summed E-state index contributed by atoms with van der Waals surface area (Å²) in [4.78, 5) is 21.2. The van der Waals surface area contributed by atoms with Crippen molar-refractivity contribution in [2.45, 2.75) is 37.8 Å². The molecule has 0 aromatic carbocycles.